The van der Waals surface area contributed by atoms with Crippen molar-refractivity contribution in [2.45, 2.75) is 32.2 Å². The lowest BCUT2D eigenvalue weighted by atomic mass is 10.2. The number of aryl methyl sites for hydroxylation is 2. The largest absolute Gasteiger partial charge is 0.298 e. The number of anilines is 1. The quantitative estimate of drug-likeness (QED) is 0.610. The maximum absolute atomic E-state index is 13.0. The zero-order chi connectivity index (χ0) is 21.0. The topological polar surface area (TPSA) is 79.4 Å². The summed E-state index contributed by atoms with van der Waals surface area (Å²) in [5, 5.41) is 3.28. The fourth-order valence-corrected chi connectivity index (χ4v) is 5.02. The van der Waals surface area contributed by atoms with E-state index in [2.05, 4.69) is 10.3 Å². The Kier molecular flexibility index (Phi) is 6.46. The number of sulfonamides is 1. The molecule has 0 unspecified atom stereocenters. The fraction of sp³-hybridized carbons (Fsp3) is 0.238. The SMILES string of the molecule is CCN(Cc1ccccc1)S(=O)(=O)c1ccc(C(=O)Nc2nc(C)c(C)s2)cc1. The summed E-state index contributed by atoms with van der Waals surface area (Å²) in [7, 11) is -3.66. The molecule has 6 nitrogen and oxygen atoms in total. The Hall–Kier alpha value is -2.55. The van der Waals surface area contributed by atoms with Gasteiger partial charge in [0.05, 0.1) is 10.6 Å². The number of hydrogen-bond acceptors (Lipinski definition) is 5. The third-order valence-electron chi connectivity index (χ3n) is 4.56. The van der Waals surface area contributed by atoms with Crippen LogP contribution in [-0.4, -0.2) is 30.2 Å². The van der Waals surface area contributed by atoms with Crippen molar-refractivity contribution >= 4 is 32.4 Å². The smallest absolute Gasteiger partial charge is 0.257 e. The third-order valence-corrected chi connectivity index (χ3v) is 7.48. The standard InChI is InChI=1S/C21H23N3O3S2/c1-4-24(14-17-8-6-5-7-9-17)29(26,27)19-12-10-18(11-13-19)20(25)23-21-22-15(2)16(3)28-21/h5-13H,4,14H2,1-3H3,(H,22,23,25). The minimum atomic E-state index is -3.66. The highest BCUT2D eigenvalue weighted by Crippen LogP contribution is 2.23. The van der Waals surface area contributed by atoms with Crippen molar-refractivity contribution in [1.29, 1.82) is 0 Å². The van der Waals surface area contributed by atoms with Crippen LogP contribution < -0.4 is 5.32 Å². The Morgan fingerprint density at radius 3 is 2.28 bits per heavy atom. The van der Waals surface area contributed by atoms with Gasteiger partial charge in [-0.1, -0.05) is 37.3 Å². The van der Waals surface area contributed by atoms with E-state index in [1.807, 2.05) is 44.2 Å². The average molecular weight is 430 g/mol. The monoisotopic (exact) mass is 429 g/mol. The van der Waals surface area contributed by atoms with E-state index in [1.165, 1.54) is 39.9 Å². The first-order valence-corrected chi connectivity index (χ1v) is 11.5. The maximum atomic E-state index is 13.0. The molecular formula is C21H23N3O3S2. The van der Waals surface area contributed by atoms with Gasteiger partial charge in [0.25, 0.3) is 5.91 Å². The molecule has 0 bridgehead atoms. The van der Waals surface area contributed by atoms with Gasteiger partial charge in [-0.15, -0.1) is 11.3 Å². The molecule has 1 aromatic heterocycles. The molecular weight excluding hydrogens is 406 g/mol. The predicted octanol–water partition coefficient (Wildman–Crippen LogP) is 4.22. The van der Waals surface area contributed by atoms with Gasteiger partial charge in [0.15, 0.2) is 5.13 Å². The van der Waals surface area contributed by atoms with Crippen LogP contribution in [0.5, 0.6) is 0 Å². The molecule has 152 valence electrons. The summed E-state index contributed by atoms with van der Waals surface area (Å²) < 4.78 is 27.4. The average Bonchev–Trinajstić information content (AvgIpc) is 3.03. The van der Waals surface area contributed by atoms with Gasteiger partial charge in [-0.2, -0.15) is 4.31 Å². The van der Waals surface area contributed by atoms with Crippen molar-refractivity contribution in [3.05, 3.63) is 76.3 Å². The number of nitrogens with one attached hydrogen (secondary N) is 1. The van der Waals surface area contributed by atoms with Gasteiger partial charge in [0, 0.05) is 23.5 Å². The van der Waals surface area contributed by atoms with E-state index < -0.39 is 10.0 Å². The van der Waals surface area contributed by atoms with Gasteiger partial charge in [0.2, 0.25) is 10.0 Å². The molecule has 0 radical (unpaired) electrons. The summed E-state index contributed by atoms with van der Waals surface area (Å²) in [6, 6.07) is 15.4. The van der Waals surface area contributed by atoms with Crippen molar-refractivity contribution in [1.82, 2.24) is 9.29 Å². The minimum Gasteiger partial charge on any atom is -0.298 e. The number of nitrogens with zero attached hydrogens (tertiary/aromatic N) is 2. The first kappa shape index (κ1) is 21.2. The van der Waals surface area contributed by atoms with E-state index in [1.54, 1.807) is 6.92 Å². The van der Waals surface area contributed by atoms with Crippen LogP contribution in [0.25, 0.3) is 0 Å². The maximum Gasteiger partial charge on any atom is 0.257 e. The number of amides is 1. The van der Waals surface area contributed by atoms with Crippen LogP contribution in [0.3, 0.4) is 0 Å². The number of benzene rings is 2. The van der Waals surface area contributed by atoms with Crippen molar-refractivity contribution in [2.75, 3.05) is 11.9 Å². The molecule has 2 aromatic carbocycles. The van der Waals surface area contributed by atoms with Crippen LogP contribution in [0, 0.1) is 13.8 Å². The molecule has 0 aliphatic carbocycles. The van der Waals surface area contributed by atoms with Crippen LogP contribution in [0.1, 0.15) is 33.4 Å². The number of carbonyl (C=O) groups is 1. The molecule has 0 fully saturated rings. The lowest BCUT2D eigenvalue weighted by Crippen LogP contribution is -2.30. The molecule has 0 saturated carbocycles. The van der Waals surface area contributed by atoms with E-state index in [4.69, 9.17) is 0 Å². The predicted molar refractivity (Wildman–Crippen MR) is 116 cm³/mol. The Bertz CT molecular complexity index is 1070. The van der Waals surface area contributed by atoms with Gasteiger partial charge >= 0.3 is 0 Å². The normalized spacial score (nSPS) is 11.6. The molecule has 3 rings (SSSR count). The van der Waals surface area contributed by atoms with Crippen LogP contribution in [0.15, 0.2) is 59.5 Å². The number of carbonyl (C=O) groups excluding carboxylic acids is 1. The molecule has 1 N–H and O–H groups in total. The number of aromatic nitrogens is 1. The summed E-state index contributed by atoms with van der Waals surface area (Å²) >= 11 is 1.41. The molecule has 0 saturated heterocycles. The summed E-state index contributed by atoms with van der Waals surface area (Å²) in [6.07, 6.45) is 0. The van der Waals surface area contributed by atoms with Gasteiger partial charge < -0.3 is 0 Å². The van der Waals surface area contributed by atoms with Crippen molar-refractivity contribution in [3.63, 3.8) is 0 Å². The molecule has 0 aliphatic rings. The number of hydrogen-bond donors (Lipinski definition) is 1. The Labute approximate surface area is 175 Å². The summed E-state index contributed by atoms with van der Waals surface area (Å²) in [5.74, 6) is -0.320. The molecule has 0 spiro atoms. The van der Waals surface area contributed by atoms with Gasteiger partial charge in [-0.3, -0.25) is 10.1 Å². The Morgan fingerprint density at radius 2 is 1.72 bits per heavy atom. The first-order valence-electron chi connectivity index (χ1n) is 9.20. The Balaban J connectivity index is 1.76. The lowest BCUT2D eigenvalue weighted by Gasteiger charge is -2.20. The van der Waals surface area contributed by atoms with E-state index in [9.17, 15) is 13.2 Å². The molecule has 1 heterocycles. The lowest BCUT2D eigenvalue weighted by molar-refractivity contribution is 0.102. The van der Waals surface area contributed by atoms with Crippen LogP contribution in [0.4, 0.5) is 5.13 Å². The highest BCUT2D eigenvalue weighted by molar-refractivity contribution is 7.89. The van der Waals surface area contributed by atoms with E-state index in [0.29, 0.717) is 23.8 Å². The van der Waals surface area contributed by atoms with E-state index >= 15 is 0 Å². The second kappa shape index (κ2) is 8.86. The fourth-order valence-electron chi connectivity index (χ4n) is 2.78. The van der Waals surface area contributed by atoms with Gasteiger partial charge in [-0.05, 0) is 43.7 Å². The Morgan fingerprint density at radius 1 is 1.07 bits per heavy atom. The second-order valence-electron chi connectivity index (χ2n) is 6.56. The molecule has 29 heavy (non-hydrogen) atoms. The third kappa shape index (κ3) is 4.90. The highest BCUT2D eigenvalue weighted by atomic mass is 32.2. The molecule has 0 aliphatic heterocycles. The van der Waals surface area contributed by atoms with Gasteiger partial charge in [0.1, 0.15) is 0 Å². The zero-order valence-corrected chi connectivity index (χ0v) is 18.2. The molecule has 3 aromatic rings. The van der Waals surface area contributed by atoms with Crippen LogP contribution in [-0.2, 0) is 16.6 Å². The highest BCUT2D eigenvalue weighted by Gasteiger charge is 2.23. The molecule has 8 heteroatoms. The minimum absolute atomic E-state index is 0.160. The number of rotatable bonds is 7. The first-order chi connectivity index (χ1) is 13.8. The zero-order valence-electron chi connectivity index (χ0n) is 16.5. The van der Waals surface area contributed by atoms with Gasteiger partial charge in [-0.25, -0.2) is 13.4 Å². The van der Waals surface area contributed by atoms with Crippen molar-refractivity contribution < 1.29 is 13.2 Å². The summed E-state index contributed by atoms with van der Waals surface area (Å²) in [4.78, 5) is 17.9. The van der Waals surface area contributed by atoms with E-state index in [0.717, 1.165) is 16.1 Å². The summed E-state index contributed by atoms with van der Waals surface area (Å²) in [5.41, 5.74) is 2.17. The summed E-state index contributed by atoms with van der Waals surface area (Å²) in [6.45, 7) is 6.28. The van der Waals surface area contributed by atoms with Crippen molar-refractivity contribution in [2.24, 2.45) is 0 Å². The van der Waals surface area contributed by atoms with Crippen LogP contribution >= 0.6 is 11.3 Å². The van der Waals surface area contributed by atoms with Crippen LogP contribution in [0.2, 0.25) is 0 Å². The van der Waals surface area contributed by atoms with Crippen molar-refractivity contribution in [3.8, 4) is 0 Å². The molecule has 0 atom stereocenters. The molecule has 1 amide bonds. The van der Waals surface area contributed by atoms with E-state index in [-0.39, 0.29) is 10.8 Å². The second-order valence-corrected chi connectivity index (χ2v) is 9.70. The number of thiazole rings is 1.